The SMILES string of the molecule is CC(O)CCN(C)Cc1ccc(/C(N)=N/O)cc1Cl. The van der Waals surface area contributed by atoms with Crippen molar-refractivity contribution < 1.29 is 10.3 Å². The predicted molar refractivity (Wildman–Crippen MR) is 76.6 cm³/mol. The van der Waals surface area contributed by atoms with Crippen molar-refractivity contribution in [3.05, 3.63) is 34.3 Å². The van der Waals surface area contributed by atoms with Gasteiger partial charge in [0.25, 0.3) is 0 Å². The molecule has 0 aliphatic carbocycles. The van der Waals surface area contributed by atoms with E-state index in [0.29, 0.717) is 17.1 Å². The molecule has 1 atom stereocenters. The van der Waals surface area contributed by atoms with Gasteiger partial charge in [-0.05, 0) is 32.0 Å². The molecule has 1 rings (SSSR count). The van der Waals surface area contributed by atoms with Crippen LogP contribution in [0.2, 0.25) is 5.02 Å². The fraction of sp³-hybridized carbons (Fsp3) is 0.462. The summed E-state index contributed by atoms with van der Waals surface area (Å²) in [6.07, 6.45) is 0.414. The molecule has 0 heterocycles. The second-order valence-electron chi connectivity index (χ2n) is 4.67. The zero-order valence-electron chi connectivity index (χ0n) is 11.2. The lowest BCUT2D eigenvalue weighted by Gasteiger charge is -2.18. The molecule has 106 valence electrons. The van der Waals surface area contributed by atoms with Gasteiger partial charge in [0.1, 0.15) is 0 Å². The Morgan fingerprint density at radius 3 is 2.74 bits per heavy atom. The highest BCUT2D eigenvalue weighted by Gasteiger charge is 2.08. The van der Waals surface area contributed by atoms with E-state index < -0.39 is 0 Å². The Hall–Kier alpha value is -1.30. The molecule has 4 N–H and O–H groups in total. The van der Waals surface area contributed by atoms with Gasteiger partial charge in [-0.2, -0.15) is 0 Å². The van der Waals surface area contributed by atoms with Crippen LogP contribution in [-0.2, 0) is 6.54 Å². The number of aliphatic hydroxyl groups is 1. The van der Waals surface area contributed by atoms with Crippen LogP contribution >= 0.6 is 11.6 Å². The second kappa shape index (κ2) is 7.33. The van der Waals surface area contributed by atoms with Crippen LogP contribution in [0.25, 0.3) is 0 Å². The van der Waals surface area contributed by atoms with E-state index in [1.54, 1.807) is 19.1 Å². The van der Waals surface area contributed by atoms with Crippen molar-refractivity contribution in [1.29, 1.82) is 0 Å². The molecule has 0 aliphatic rings. The van der Waals surface area contributed by atoms with Crippen LogP contribution in [0.1, 0.15) is 24.5 Å². The molecule has 0 saturated heterocycles. The summed E-state index contributed by atoms with van der Waals surface area (Å²) in [6, 6.07) is 5.29. The lowest BCUT2D eigenvalue weighted by Crippen LogP contribution is -2.22. The van der Waals surface area contributed by atoms with Crippen LogP contribution in [0, 0.1) is 0 Å². The molecule has 0 amide bonds. The van der Waals surface area contributed by atoms with Crippen molar-refractivity contribution in [3.63, 3.8) is 0 Å². The molecule has 1 aromatic rings. The van der Waals surface area contributed by atoms with Crippen molar-refractivity contribution in [1.82, 2.24) is 4.90 Å². The minimum Gasteiger partial charge on any atom is -0.409 e. The molecule has 0 aromatic heterocycles. The van der Waals surface area contributed by atoms with Crippen molar-refractivity contribution in [2.45, 2.75) is 26.0 Å². The van der Waals surface area contributed by atoms with Gasteiger partial charge in [-0.1, -0.05) is 28.9 Å². The summed E-state index contributed by atoms with van der Waals surface area (Å²) >= 11 is 6.17. The van der Waals surface area contributed by atoms with Crippen LogP contribution in [-0.4, -0.2) is 40.7 Å². The number of hydrogen-bond acceptors (Lipinski definition) is 4. The summed E-state index contributed by atoms with van der Waals surface area (Å²) in [5, 5.41) is 21.4. The first-order valence-electron chi connectivity index (χ1n) is 6.07. The first-order valence-corrected chi connectivity index (χ1v) is 6.44. The molecule has 1 unspecified atom stereocenters. The van der Waals surface area contributed by atoms with Crippen LogP contribution < -0.4 is 5.73 Å². The average Bonchev–Trinajstić information content (AvgIpc) is 2.37. The Morgan fingerprint density at radius 2 is 2.21 bits per heavy atom. The maximum absolute atomic E-state index is 9.24. The molecule has 0 fully saturated rings. The second-order valence-corrected chi connectivity index (χ2v) is 5.07. The van der Waals surface area contributed by atoms with E-state index in [1.807, 2.05) is 13.1 Å². The molecule has 1 aromatic carbocycles. The maximum Gasteiger partial charge on any atom is 0.170 e. The van der Waals surface area contributed by atoms with Crippen LogP contribution in [0.4, 0.5) is 0 Å². The molecule has 5 nitrogen and oxygen atoms in total. The number of nitrogens with two attached hydrogens (primary N) is 1. The molecule has 0 aliphatic heterocycles. The van der Waals surface area contributed by atoms with Crippen LogP contribution in [0.15, 0.2) is 23.4 Å². The van der Waals surface area contributed by atoms with Gasteiger partial charge in [-0.25, -0.2) is 0 Å². The van der Waals surface area contributed by atoms with Gasteiger partial charge in [0.2, 0.25) is 0 Å². The Labute approximate surface area is 118 Å². The van der Waals surface area contributed by atoms with Gasteiger partial charge in [0, 0.05) is 23.7 Å². The van der Waals surface area contributed by atoms with Crippen LogP contribution in [0.5, 0.6) is 0 Å². The summed E-state index contributed by atoms with van der Waals surface area (Å²) in [6.45, 7) is 3.24. The lowest BCUT2D eigenvalue weighted by atomic mass is 10.1. The number of hydrogen-bond donors (Lipinski definition) is 3. The van der Waals surface area contributed by atoms with Crippen molar-refractivity contribution >= 4 is 17.4 Å². The highest BCUT2D eigenvalue weighted by Crippen LogP contribution is 2.19. The fourth-order valence-corrected chi connectivity index (χ4v) is 1.91. The third kappa shape index (κ3) is 5.06. The number of benzene rings is 1. The minimum absolute atomic E-state index is 0.0379. The Bertz CT molecular complexity index is 450. The first kappa shape index (κ1) is 15.8. The monoisotopic (exact) mass is 285 g/mol. The van der Waals surface area contributed by atoms with E-state index in [1.165, 1.54) is 0 Å². The normalized spacial score (nSPS) is 13.8. The molecule has 0 radical (unpaired) electrons. The van der Waals surface area contributed by atoms with Gasteiger partial charge >= 0.3 is 0 Å². The molecule has 19 heavy (non-hydrogen) atoms. The maximum atomic E-state index is 9.24. The van der Waals surface area contributed by atoms with E-state index in [0.717, 1.165) is 18.5 Å². The number of rotatable bonds is 6. The van der Waals surface area contributed by atoms with Crippen molar-refractivity contribution in [3.8, 4) is 0 Å². The van der Waals surface area contributed by atoms with Gasteiger partial charge in [-0.15, -0.1) is 0 Å². The van der Waals surface area contributed by atoms with Gasteiger partial charge in [0.15, 0.2) is 5.84 Å². The zero-order chi connectivity index (χ0) is 14.4. The van der Waals surface area contributed by atoms with Crippen molar-refractivity contribution in [2.24, 2.45) is 10.9 Å². The number of nitrogens with zero attached hydrogens (tertiary/aromatic N) is 2. The smallest absolute Gasteiger partial charge is 0.170 e. The largest absolute Gasteiger partial charge is 0.409 e. The molecule has 0 bridgehead atoms. The quantitative estimate of drug-likeness (QED) is 0.321. The van der Waals surface area contributed by atoms with Crippen molar-refractivity contribution in [2.75, 3.05) is 13.6 Å². The summed E-state index contributed by atoms with van der Waals surface area (Å²) < 4.78 is 0. The van der Waals surface area contributed by atoms with Gasteiger partial charge in [-0.3, -0.25) is 0 Å². The Balaban J connectivity index is 2.69. The average molecular weight is 286 g/mol. The fourth-order valence-electron chi connectivity index (χ4n) is 1.67. The van der Waals surface area contributed by atoms with E-state index >= 15 is 0 Å². The molecule has 6 heteroatoms. The third-order valence-corrected chi connectivity index (χ3v) is 3.18. The number of amidine groups is 1. The number of aliphatic hydroxyl groups excluding tert-OH is 1. The highest BCUT2D eigenvalue weighted by atomic mass is 35.5. The standard InChI is InChI=1S/C13H20ClN3O2/c1-9(18)5-6-17(2)8-11-4-3-10(7-12(11)14)13(15)16-19/h3-4,7,9,18-19H,5-6,8H2,1-2H3,(H2,15,16). The topological polar surface area (TPSA) is 82.1 Å². The predicted octanol–water partition coefficient (Wildman–Crippen LogP) is 1.64. The molecule has 0 spiro atoms. The van der Waals surface area contributed by atoms with Crippen LogP contribution in [0.3, 0.4) is 0 Å². The molecule has 0 saturated carbocycles. The zero-order valence-corrected chi connectivity index (χ0v) is 11.9. The summed E-state index contributed by atoms with van der Waals surface area (Å²) in [5.74, 6) is 0.0379. The Morgan fingerprint density at radius 1 is 1.53 bits per heavy atom. The van der Waals surface area contributed by atoms with E-state index in [9.17, 15) is 5.11 Å². The third-order valence-electron chi connectivity index (χ3n) is 2.83. The minimum atomic E-state index is -0.305. The summed E-state index contributed by atoms with van der Waals surface area (Å²) in [5.41, 5.74) is 7.05. The number of oxime groups is 1. The highest BCUT2D eigenvalue weighted by molar-refractivity contribution is 6.31. The van der Waals surface area contributed by atoms with Gasteiger partial charge < -0.3 is 20.9 Å². The molecular formula is C13H20ClN3O2. The molecular weight excluding hydrogens is 266 g/mol. The van der Waals surface area contributed by atoms with E-state index in [4.69, 9.17) is 22.5 Å². The summed E-state index contributed by atoms with van der Waals surface area (Å²) in [4.78, 5) is 2.08. The van der Waals surface area contributed by atoms with E-state index in [2.05, 4.69) is 10.1 Å². The van der Waals surface area contributed by atoms with Gasteiger partial charge in [0.05, 0.1) is 6.10 Å². The first-order chi connectivity index (χ1) is 8.93. The lowest BCUT2D eigenvalue weighted by molar-refractivity contribution is 0.163. The Kier molecular flexibility index (Phi) is 6.08. The number of halogens is 1. The summed E-state index contributed by atoms with van der Waals surface area (Å²) in [7, 11) is 1.97. The van der Waals surface area contributed by atoms with E-state index in [-0.39, 0.29) is 11.9 Å².